The molecular weight excluding hydrogens is 326 g/mol. The molecule has 6 nitrogen and oxygen atoms in total. The summed E-state index contributed by atoms with van der Waals surface area (Å²) in [5.74, 6) is 0.0982. The molecule has 3 aromatic rings. The molecule has 0 spiro atoms. The first-order valence-corrected chi connectivity index (χ1v) is 8.43. The second-order valence-electron chi connectivity index (χ2n) is 5.41. The van der Waals surface area contributed by atoms with E-state index in [2.05, 4.69) is 10.4 Å². The van der Waals surface area contributed by atoms with E-state index in [-0.39, 0.29) is 23.9 Å². The van der Waals surface area contributed by atoms with Crippen LogP contribution in [0.15, 0.2) is 57.3 Å². The van der Waals surface area contributed by atoms with Crippen LogP contribution in [-0.4, -0.2) is 15.7 Å². The predicted molar refractivity (Wildman–Crippen MR) is 91.5 cm³/mol. The molecule has 0 bridgehead atoms. The quantitative estimate of drug-likeness (QED) is 0.746. The van der Waals surface area contributed by atoms with Crippen LogP contribution in [0.4, 0.5) is 0 Å². The second kappa shape index (κ2) is 7.27. The molecule has 7 heteroatoms. The fourth-order valence-corrected chi connectivity index (χ4v) is 2.88. The van der Waals surface area contributed by atoms with Gasteiger partial charge in [-0.05, 0) is 29.6 Å². The van der Waals surface area contributed by atoms with Gasteiger partial charge in [-0.3, -0.25) is 9.59 Å². The summed E-state index contributed by atoms with van der Waals surface area (Å²) in [7, 11) is 0. The molecule has 0 aliphatic heterocycles. The van der Waals surface area contributed by atoms with Gasteiger partial charge in [-0.15, -0.1) is 11.3 Å². The number of thiophene rings is 1. The van der Waals surface area contributed by atoms with Crippen molar-refractivity contribution in [2.24, 2.45) is 5.92 Å². The highest BCUT2D eigenvalue weighted by atomic mass is 32.1. The lowest BCUT2D eigenvalue weighted by molar-refractivity contribution is -0.125. The molecule has 0 aliphatic carbocycles. The average Bonchev–Trinajstić information content (AvgIpc) is 3.28. The summed E-state index contributed by atoms with van der Waals surface area (Å²) in [4.78, 5) is 25.3. The van der Waals surface area contributed by atoms with E-state index in [1.54, 1.807) is 42.7 Å². The lowest BCUT2D eigenvalue weighted by atomic mass is 10.1. The number of furan rings is 1. The third-order valence-corrected chi connectivity index (χ3v) is 4.43. The van der Waals surface area contributed by atoms with Crippen molar-refractivity contribution in [1.82, 2.24) is 15.1 Å². The standard InChI is InChI=1S/C17H17N3O3S/c1-12(17(22)18-10-13-4-3-9-24-13)11-20-16(21)7-6-14(19-20)15-5-2-8-23-15/h2-9,12H,10-11H2,1H3,(H,18,22)/t12-/m0/s1. The van der Waals surface area contributed by atoms with Crippen molar-refractivity contribution >= 4 is 17.2 Å². The van der Waals surface area contributed by atoms with Gasteiger partial charge in [0.25, 0.3) is 5.56 Å². The minimum Gasteiger partial charge on any atom is -0.463 e. The van der Waals surface area contributed by atoms with Gasteiger partial charge in [-0.1, -0.05) is 13.0 Å². The Morgan fingerprint density at radius 2 is 2.21 bits per heavy atom. The summed E-state index contributed by atoms with van der Waals surface area (Å²) >= 11 is 1.59. The molecule has 1 N–H and O–H groups in total. The number of amides is 1. The lowest BCUT2D eigenvalue weighted by Crippen LogP contribution is -2.34. The zero-order valence-electron chi connectivity index (χ0n) is 13.1. The number of hydrogen-bond donors (Lipinski definition) is 1. The SMILES string of the molecule is C[C@@H](Cn1nc(-c2ccco2)ccc1=O)C(=O)NCc1cccs1. The van der Waals surface area contributed by atoms with Gasteiger partial charge in [0, 0.05) is 10.9 Å². The first-order valence-electron chi connectivity index (χ1n) is 7.55. The number of carbonyl (C=O) groups is 1. The van der Waals surface area contributed by atoms with Crippen molar-refractivity contribution in [3.8, 4) is 11.5 Å². The van der Waals surface area contributed by atoms with Crippen LogP contribution < -0.4 is 10.9 Å². The monoisotopic (exact) mass is 343 g/mol. The molecule has 24 heavy (non-hydrogen) atoms. The third kappa shape index (κ3) is 3.80. The van der Waals surface area contributed by atoms with Crippen LogP contribution >= 0.6 is 11.3 Å². The largest absolute Gasteiger partial charge is 0.463 e. The first kappa shape index (κ1) is 16.2. The summed E-state index contributed by atoms with van der Waals surface area (Å²) in [6, 6.07) is 10.5. The van der Waals surface area contributed by atoms with Gasteiger partial charge in [-0.25, -0.2) is 4.68 Å². The topological polar surface area (TPSA) is 77.1 Å². The third-order valence-electron chi connectivity index (χ3n) is 3.55. The van der Waals surface area contributed by atoms with Crippen LogP contribution in [0.2, 0.25) is 0 Å². The molecule has 0 radical (unpaired) electrons. The van der Waals surface area contributed by atoms with E-state index >= 15 is 0 Å². The van der Waals surface area contributed by atoms with Gasteiger partial charge in [0.15, 0.2) is 5.76 Å². The summed E-state index contributed by atoms with van der Waals surface area (Å²) in [5, 5.41) is 9.12. The van der Waals surface area contributed by atoms with E-state index < -0.39 is 0 Å². The molecule has 0 aromatic carbocycles. The Balaban J connectivity index is 1.67. The van der Waals surface area contributed by atoms with Crippen LogP contribution in [0.5, 0.6) is 0 Å². The maximum Gasteiger partial charge on any atom is 0.266 e. The molecule has 1 atom stereocenters. The van der Waals surface area contributed by atoms with Crippen LogP contribution in [0.3, 0.4) is 0 Å². The summed E-state index contributed by atoms with van der Waals surface area (Å²) in [6.07, 6.45) is 1.55. The minimum absolute atomic E-state index is 0.111. The Morgan fingerprint density at radius 3 is 2.92 bits per heavy atom. The highest BCUT2D eigenvalue weighted by Gasteiger charge is 2.15. The smallest absolute Gasteiger partial charge is 0.266 e. The van der Waals surface area contributed by atoms with Gasteiger partial charge >= 0.3 is 0 Å². The predicted octanol–water partition coefficient (Wildman–Crippen LogP) is 2.52. The lowest BCUT2D eigenvalue weighted by Gasteiger charge is -2.13. The van der Waals surface area contributed by atoms with E-state index in [1.165, 1.54) is 10.7 Å². The van der Waals surface area contributed by atoms with Gasteiger partial charge in [-0.2, -0.15) is 5.10 Å². The number of nitrogens with one attached hydrogen (secondary N) is 1. The van der Waals surface area contributed by atoms with Crippen LogP contribution in [0.25, 0.3) is 11.5 Å². The molecule has 124 valence electrons. The number of carbonyl (C=O) groups excluding carboxylic acids is 1. The molecule has 0 saturated heterocycles. The van der Waals surface area contributed by atoms with Crippen molar-refractivity contribution in [3.05, 3.63) is 63.3 Å². The maximum atomic E-state index is 12.2. The number of nitrogens with zero attached hydrogens (tertiary/aromatic N) is 2. The highest BCUT2D eigenvalue weighted by Crippen LogP contribution is 2.15. The van der Waals surface area contributed by atoms with Crippen molar-refractivity contribution in [3.63, 3.8) is 0 Å². The Kier molecular flexibility index (Phi) is 4.90. The van der Waals surface area contributed by atoms with Crippen LogP contribution in [0.1, 0.15) is 11.8 Å². The maximum absolute atomic E-state index is 12.2. The number of rotatable bonds is 6. The summed E-state index contributed by atoms with van der Waals surface area (Å²) in [5.41, 5.74) is 0.314. The fourth-order valence-electron chi connectivity index (χ4n) is 2.24. The van der Waals surface area contributed by atoms with E-state index in [1.807, 2.05) is 17.5 Å². The molecule has 0 aliphatic rings. The summed E-state index contributed by atoms with van der Waals surface area (Å²) < 4.78 is 6.59. The minimum atomic E-state index is -0.373. The van der Waals surface area contributed by atoms with Gasteiger partial charge < -0.3 is 9.73 Å². The van der Waals surface area contributed by atoms with Crippen LogP contribution in [-0.2, 0) is 17.9 Å². The van der Waals surface area contributed by atoms with Crippen molar-refractivity contribution in [2.45, 2.75) is 20.0 Å². The van der Waals surface area contributed by atoms with E-state index in [0.717, 1.165) is 4.88 Å². The Bertz CT molecular complexity index is 854. The Morgan fingerprint density at radius 1 is 1.33 bits per heavy atom. The fraction of sp³-hybridized carbons (Fsp3) is 0.235. The number of aromatic nitrogens is 2. The molecule has 0 fully saturated rings. The first-order chi connectivity index (χ1) is 11.6. The molecule has 3 rings (SSSR count). The average molecular weight is 343 g/mol. The second-order valence-corrected chi connectivity index (χ2v) is 6.45. The zero-order chi connectivity index (χ0) is 16.9. The molecule has 0 unspecified atom stereocenters. The van der Waals surface area contributed by atoms with E-state index in [4.69, 9.17) is 4.42 Å². The van der Waals surface area contributed by atoms with Crippen LogP contribution in [0, 0.1) is 5.92 Å². The molecule has 3 heterocycles. The molecular formula is C17H17N3O3S. The van der Waals surface area contributed by atoms with E-state index in [9.17, 15) is 9.59 Å². The normalized spacial score (nSPS) is 12.0. The summed E-state index contributed by atoms with van der Waals surface area (Å²) in [6.45, 7) is 2.48. The zero-order valence-corrected chi connectivity index (χ0v) is 14.0. The number of hydrogen-bond acceptors (Lipinski definition) is 5. The van der Waals surface area contributed by atoms with Gasteiger partial charge in [0.2, 0.25) is 5.91 Å². The molecule has 3 aromatic heterocycles. The highest BCUT2D eigenvalue weighted by molar-refractivity contribution is 7.09. The Labute approximate surface area is 142 Å². The van der Waals surface area contributed by atoms with Crippen molar-refractivity contribution < 1.29 is 9.21 Å². The van der Waals surface area contributed by atoms with Gasteiger partial charge in [0.1, 0.15) is 5.69 Å². The molecule has 0 saturated carbocycles. The van der Waals surface area contributed by atoms with Gasteiger partial charge in [0.05, 0.1) is 25.3 Å². The van der Waals surface area contributed by atoms with E-state index in [0.29, 0.717) is 18.0 Å². The van der Waals surface area contributed by atoms with Crippen molar-refractivity contribution in [1.29, 1.82) is 0 Å². The molecule has 1 amide bonds. The van der Waals surface area contributed by atoms with Crippen molar-refractivity contribution in [2.75, 3.05) is 0 Å². The Hall–Kier alpha value is -2.67.